The van der Waals surface area contributed by atoms with Crippen molar-refractivity contribution in [3.8, 4) is 0 Å². The van der Waals surface area contributed by atoms with Gasteiger partial charge in [-0.05, 0) is 28.8 Å². The van der Waals surface area contributed by atoms with Crippen molar-refractivity contribution >= 4 is 10.8 Å². The van der Waals surface area contributed by atoms with Gasteiger partial charge in [-0.25, -0.2) is 0 Å². The predicted octanol–water partition coefficient (Wildman–Crippen LogP) is 2.68. The molecule has 1 heterocycles. The van der Waals surface area contributed by atoms with Gasteiger partial charge in [0.05, 0.1) is 19.3 Å². The Hall–Kier alpha value is -1.42. The van der Waals surface area contributed by atoms with E-state index in [0.29, 0.717) is 13.2 Å². The normalized spacial score (nSPS) is 20.8. The molecule has 2 unspecified atom stereocenters. The van der Waals surface area contributed by atoms with E-state index in [1.807, 2.05) is 30.3 Å². The molecule has 100 valence electrons. The molecule has 0 aromatic heterocycles. The van der Waals surface area contributed by atoms with E-state index >= 15 is 0 Å². The first-order valence-electron chi connectivity index (χ1n) is 6.69. The number of hydrogen-bond acceptors (Lipinski definition) is 3. The van der Waals surface area contributed by atoms with E-state index in [-0.39, 0.29) is 6.10 Å². The van der Waals surface area contributed by atoms with E-state index in [9.17, 15) is 5.11 Å². The first-order valence-corrected chi connectivity index (χ1v) is 6.69. The van der Waals surface area contributed by atoms with Gasteiger partial charge in [0.1, 0.15) is 6.10 Å². The van der Waals surface area contributed by atoms with Gasteiger partial charge in [-0.3, -0.25) is 0 Å². The zero-order valence-corrected chi connectivity index (χ0v) is 10.8. The second kappa shape index (κ2) is 5.70. The van der Waals surface area contributed by atoms with Gasteiger partial charge in [0.25, 0.3) is 0 Å². The average Bonchev–Trinajstić information content (AvgIpc) is 2.97. The first-order chi connectivity index (χ1) is 9.33. The zero-order chi connectivity index (χ0) is 13.1. The number of hydrogen-bond donors (Lipinski definition) is 1. The van der Waals surface area contributed by atoms with Crippen molar-refractivity contribution < 1.29 is 14.6 Å². The zero-order valence-electron chi connectivity index (χ0n) is 10.8. The Morgan fingerprint density at radius 2 is 2.05 bits per heavy atom. The van der Waals surface area contributed by atoms with E-state index in [1.165, 1.54) is 5.39 Å². The maximum atomic E-state index is 10.2. The van der Waals surface area contributed by atoms with Gasteiger partial charge in [-0.15, -0.1) is 0 Å². The highest BCUT2D eigenvalue weighted by Crippen LogP contribution is 2.21. The Morgan fingerprint density at radius 3 is 2.84 bits per heavy atom. The van der Waals surface area contributed by atoms with Crippen molar-refractivity contribution in [3.05, 3.63) is 48.0 Å². The van der Waals surface area contributed by atoms with Gasteiger partial charge in [0.2, 0.25) is 0 Å². The number of aliphatic hydroxyl groups is 1. The van der Waals surface area contributed by atoms with Crippen molar-refractivity contribution in [2.45, 2.75) is 18.6 Å². The molecule has 1 aliphatic rings. The summed E-state index contributed by atoms with van der Waals surface area (Å²) in [6, 6.07) is 14.2. The molecule has 1 N–H and O–H groups in total. The van der Waals surface area contributed by atoms with E-state index in [4.69, 9.17) is 9.47 Å². The molecule has 3 nitrogen and oxygen atoms in total. The Kier molecular flexibility index (Phi) is 3.78. The van der Waals surface area contributed by atoms with Crippen LogP contribution in [-0.2, 0) is 9.47 Å². The molecule has 2 aromatic rings. The molecule has 0 amide bonds. The number of aliphatic hydroxyl groups excluding tert-OH is 1. The van der Waals surface area contributed by atoms with Crippen LogP contribution in [0.4, 0.5) is 0 Å². The van der Waals surface area contributed by atoms with Crippen molar-refractivity contribution in [2.24, 2.45) is 0 Å². The fraction of sp³-hybridized carbons (Fsp3) is 0.375. The minimum absolute atomic E-state index is 0.134. The minimum atomic E-state index is -0.579. The Bertz CT molecular complexity index is 546. The van der Waals surface area contributed by atoms with Crippen LogP contribution >= 0.6 is 0 Å². The van der Waals surface area contributed by atoms with Gasteiger partial charge in [0.15, 0.2) is 0 Å². The third-order valence-electron chi connectivity index (χ3n) is 3.54. The molecule has 1 fully saturated rings. The molecular formula is C16H18O3. The highest BCUT2D eigenvalue weighted by Gasteiger charge is 2.18. The maximum absolute atomic E-state index is 10.2. The lowest BCUT2D eigenvalue weighted by molar-refractivity contribution is -0.0131. The smallest absolute Gasteiger partial charge is 0.102 e. The maximum Gasteiger partial charge on any atom is 0.102 e. The van der Waals surface area contributed by atoms with Crippen molar-refractivity contribution in [2.75, 3.05) is 19.8 Å². The van der Waals surface area contributed by atoms with Crippen LogP contribution in [0.3, 0.4) is 0 Å². The van der Waals surface area contributed by atoms with Gasteiger partial charge < -0.3 is 14.6 Å². The molecule has 0 aliphatic carbocycles. The fourth-order valence-corrected chi connectivity index (χ4v) is 2.38. The molecule has 0 spiro atoms. The van der Waals surface area contributed by atoms with Crippen LogP contribution in [0.15, 0.2) is 42.5 Å². The number of ether oxygens (including phenoxy) is 2. The summed E-state index contributed by atoms with van der Waals surface area (Å²) in [6.45, 7) is 1.73. The number of fused-ring (bicyclic) bond motifs is 1. The third kappa shape index (κ3) is 2.95. The Labute approximate surface area is 112 Å². The van der Waals surface area contributed by atoms with E-state index < -0.39 is 6.10 Å². The molecule has 3 rings (SSSR count). The molecule has 0 saturated carbocycles. The van der Waals surface area contributed by atoms with Gasteiger partial charge in [-0.1, -0.05) is 36.4 Å². The summed E-state index contributed by atoms with van der Waals surface area (Å²) in [6.07, 6.45) is 0.477. The lowest BCUT2D eigenvalue weighted by atomic mass is 10.0. The van der Waals surface area contributed by atoms with Crippen LogP contribution in [0.25, 0.3) is 10.8 Å². The highest BCUT2D eigenvalue weighted by molar-refractivity contribution is 5.83. The second-order valence-electron chi connectivity index (χ2n) is 4.94. The first kappa shape index (κ1) is 12.6. The van der Waals surface area contributed by atoms with Crippen LogP contribution in [0.2, 0.25) is 0 Å². The van der Waals surface area contributed by atoms with Crippen molar-refractivity contribution in [1.82, 2.24) is 0 Å². The minimum Gasteiger partial charge on any atom is -0.386 e. The van der Waals surface area contributed by atoms with Crippen LogP contribution in [-0.4, -0.2) is 31.0 Å². The molecule has 0 bridgehead atoms. The summed E-state index contributed by atoms with van der Waals surface area (Å²) in [4.78, 5) is 0. The van der Waals surface area contributed by atoms with Crippen LogP contribution in [0.5, 0.6) is 0 Å². The van der Waals surface area contributed by atoms with Gasteiger partial charge in [-0.2, -0.15) is 0 Å². The molecule has 1 saturated heterocycles. The van der Waals surface area contributed by atoms with E-state index in [0.717, 1.165) is 24.0 Å². The van der Waals surface area contributed by atoms with Crippen LogP contribution < -0.4 is 0 Å². The summed E-state index contributed by atoms with van der Waals surface area (Å²) in [7, 11) is 0. The molecule has 19 heavy (non-hydrogen) atoms. The topological polar surface area (TPSA) is 38.7 Å². The highest BCUT2D eigenvalue weighted by atomic mass is 16.5. The monoisotopic (exact) mass is 258 g/mol. The lowest BCUT2D eigenvalue weighted by Crippen LogP contribution is -2.17. The molecular weight excluding hydrogens is 240 g/mol. The van der Waals surface area contributed by atoms with E-state index in [2.05, 4.69) is 12.1 Å². The summed E-state index contributed by atoms with van der Waals surface area (Å²) in [5.74, 6) is 0. The molecule has 2 atom stereocenters. The number of rotatable bonds is 4. The second-order valence-corrected chi connectivity index (χ2v) is 4.94. The molecule has 3 heteroatoms. The fourth-order valence-electron chi connectivity index (χ4n) is 2.38. The summed E-state index contributed by atoms with van der Waals surface area (Å²) >= 11 is 0. The van der Waals surface area contributed by atoms with Gasteiger partial charge in [0, 0.05) is 6.61 Å². The molecule has 0 radical (unpaired) electrons. The summed E-state index contributed by atoms with van der Waals surface area (Å²) in [5.41, 5.74) is 0.901. The Morgan fingerprint density at radius 1 is 1.21 bits per heavy atom. The summed E-state index contributed by atoms with van der Waals surface area (Å²) in [5, 5.41) is 12.5. The molecule has 1 aliphatic heterocycles. The predicted molar refractivity (Wildman–Crippen MR) is 74.1 cm³/mol. The lowest BCUT2D eigenvalue weighted by Gasteiger charge is -2.15. The quantitative estimate of drug-likeness (QED) is 0.916. The molecule has 2 aromatic carbocycles. The van der Waals surface area contributed by atoms with Crippen LogP contribution in [0, 0.1) is 0 Å². The van der Waals surface area contributed by atoms with Crippen molar-refractivity contribution in [1.29, 1.82) is 0 Å². The van der Waals surface area contributed by atoms with Gasteiger partial charge >= 0.3 is 0 Å². The standard InChI is InChI=1S/C16H18O3/c17-16(11-19-15-7-8-18-10-15)14-6-5-12-3-1-2-4-13(12)9-14/h1-6,9,15-17H,7-8,10-11H2. The van der Waals surface area contributed by atoms with Crippen LogP contribution in [0.1, 0.15) is 18.1 Å². The van der Waals surface area contributed by atoms with Crippen molar-refractivity contribution in [3.63, 3.8) is 0 Å². The number of benzene rings is 2. The largest absolute Gasteiger partial charge is 0.386 e. The third-order valence-corrected chi connectivity index (χ3v) is 3.54. The SMILES string of the molecule is OC(COC1CCOC1)c1ccc2ccccc2c1. The summed E-state index contributed by atoms with van der Waals surface area (Å²) < 4.78 is 10.9. The van der Waals surface area contributed by atoms with E-state index in [1.54, 1.807) is 0 Å². The average molecular weight is 258 g/mol. The Balaban J connectivity index is 1.68.